The Kier molecular flexibility index (Phi) is 4.48. The van der Waals surface area contributed by atoms with Gasteiger partial charge in [-0.25, -0.2) is 0 Å². The highest BCUT2D eigenvalue weighted by Crippen LogP contribution is 2.23. The molecule has 1 aliphatic rings. The van der Waals surface area contributed by atoms with Crippen LogP contribution in [0, 0.1) is 5.92 Å². The Balaban J connectivity index is 2.07. The fourth-order valence-electron chi connectivity index (χ4n) is 2.49. The number of hydrogen-bond donors (Lipinski definition) is 1. The predicted molar refractivity (Wildman–Crippen MR) is 76.5 cm³/mol. The maximum atomic E-state index is 5.30. The summed E-state index contributed by atoms with van der Waals surface area (Å²) in [5.74, 6) is 1.66. The lowest BCUT2D eigenvalue weighted by atomic mass is 9.97. The molecule has 18 heavy (non-hydrogen) atoms. The highest BCUT2D eigenvalue weighted by molar-refractivity contribution is 5.51. The van der Waals surface area contributed by atoms with Crippen molar-refractivity contribution in [2.75, 3.05) is 31.6 Å². The maximum absolute atomic E-state index is 5.30. The molecule has 1 N–H and O–H groups in total. The van der Waals surface area contributed by atoms with E-state index in [4.69, 9.17) is 4.74 Å². The molecule has 3 heteroatoms. The van der Waals surface area contributed by atoms with Crippen molar-refractivity contribution in [3.05, 3.63) is 24.3 Å². The normalized spacial score (nSPS) is 21.7. The van der Waals surface area contributed by atoms with E-state index in [1.165, 1.54) is 12.1 Å². The predicted octanol–water partition coefficient (Wildman–Crippen LogP) is 2.52. The first-order valence-corrected chi connectivity index (χ1v) is 6.87. The van der Waals surface area contributed by atoms with E-state index in [1.807, 2.05) is 6.07 Å². The first-order valence-electron chi connectivity index (χ1n) is 6.87. The monoisotopic (exact) mass is 248 g/mol. The number of piperazine rings is 1. The second-order valence-corrected chi connectivity index (χ2v) is 5.09. The van der Waals surface area contributed by atoms with Crippen molar-refractivity contribution in [1.29, 1.82) is 0 Å². The van der Waals surface area contributed by atoms with Crippen LogP contribution >= 0.6 is 0 Å². The van der Waals surface area contributed by atoms with Crippen LogP contribution in [-0.2, 0) is 0 Å². The van der Waals surface area contributed by atoms with E-state index in [1.54, 1.807) is 7.11 Å². The summed E-state index contributed by atoms with van der Waals surface area (Å²) < 4.78 is 5.30. The molecular weight excluding hydrogens is 224 g/mol. The third kappa shape index (κ3) is 2.96. The molecule has 1 aromatic carbocycles. The summed E-state index contributed by atoms with van der Waals surface area (Å²) in [5, 5.41) is 3.63. The van der Waals surface area contributed by atoms with Gasteiger partial charge >= 0.3 is 0 Å². The smallest absolute Gasteiger partial charge is 0.120 e. The largest absolute Gasteiger partial charge is 0.497 e. The SMILES string of the molecule is CCC(C)C1CN(c2cccc(OC)c2)CCN1. The lowest BCUT2D eigenvalue weighted by Crippen LogP contribution is -2.53. The Bertz CT molecular complexity index is 381. The van der Waals surface area contributed by atoms with E-state index in [2.05, 4.69) is 42.3 Å². The molecule has 0 amide bonds. The van der Waals surface area contributed by atoms with Crippen LogP contribution in [0.15, 0.2) is 24.3 Å². The average Bonchev–Trinajstić information content (AvgIpc) is 2.46. The number of anilines is 1. The summed E-state index contributed by atoms with van der Waals surface area (Å²) in [6, 6.07) is 8.95. The molecular formula is C15H24N2O. The fraction of sp³-hybridized carbons (Fsp3) is 0.600. The molecule has 2 rings (SSSR count). The minimum Gasteiger partial charge on any atom is -0.497 e. The molecule has 1 saturated heterocycles. The van der Waals surface area contributed by atoms with Crippen molar-refractivity contribution >= 4 is 5.69 Å². The van der Waals surface area contributed by atoms with Gasteiger partial charge < -0.3 is 15.0 Å². The van der Waals surface area contributed by atoms with E-state index in [0.717, 1.165) is 31.3 Å². The average molecular weight is 248 g/mol. The Morgan fingerprint density at radius 2 is 2.33 bits per heavy atom. The quantitative estimate of drug-likeness (QED) is 0.886. The molecule has 100 valence electrons. The molecule has 0 bridgehead atoms. The number of hydrogen-bond acceptors (Lipinski definition) is 3. The van der Waals surface area contributed by atoms with Crippen LogP contribution < -0.4 is 15.0 Å². The molecule has 1 fully saturated rings. The number of methoxy groups -OCH3 is 1. The van der Waals surface area contributed by atoms with Gasteiger partial charge in [0.15, 0.2) is 0 Å². The Labute approximate surface area is 110 Å². The van der Waals surface area contributed by atoms with E-state index in [0.29, 0.717) is 6.04 Å². The van der Waals surface area contributed by atoms with Crippen molar-refractivity contribution in [2.24, 2.45) is 5.92 Å². The third-order valence-electron chi connectivity index (χ3n) is 3.95. The summed E-state index contributed by atoms with van der Waals surface area (Å²) in [5.41, 5.74) is 1.27. The van der Waals surface area contributed by atoms with Crippen LogP contribution in [0.25, 0.3) is 0 Å². The van der Waals surface area contributed by atoms with Gasteiger partial charge in [0, 0.05) is 37.4 Å². The van der Waals surface area contributed by atoms with E-state index in [9.17, 15) is 0 Å². The van der Waals surface area contributed by atoms with Crippen molar-refractivity contribution in [3.8, 4) is 5.75 Å². The molecule has 3 nitrogen and oxygen atoms in total. The number of rotatable bonds is 4. The molecule has 1 heterocycles. The zero-order valence-corrected chi connectivity index (χ0v) is 11.6. The Hall–Kier alpha value is -1.22. The summed E-state index contributed by atoms with van der Waals surface area (Å²) in [6.07, 6.45) is 1.23. The van der Waals surface area contributed by atoms with E-state index < -0.39 is 0 Å². The Morgan fingerprint density at radius 3 is 3.06 bits per heavy atom. The molecule has 0 radical (unpaired) electrons. The molecule has 0 saturated carbocycles. The molecule has 1 aromatic rings. The lowest BCUT2D eigenvalue weighted by molar-refractivity contribution is 0.341. The van der Waals surface area contributed by atoms with Gasteiger partial charge in [0.2, 0.25) is 0 Å². The van der Waals surface area contributed by atoms with Crippen molar-refractivity contribution in [2.45, 2.75) is 26.3 Å². The van der Waals surface area contributed by atoms with Crippen LogP contribution in [0.5, 0.6) is 5.75 Å². The van der Waals surface area contributed by atoms with Crippen molar-refractivity contribution in [3.63, 3.8) is 0 Å². The number of benzene rings is 1. The van der Waals surface area contributed by atoms with Crippen LogP contribution in [0.4, 0.5) is 5.69 Å². The molecule has 1 aliphatic heterocycles. The van der Waals surface area contributed by atoms with Crippen molar-refractivity contribution in [1.82, 2.24) is 5.32 Å². The summed E-state index contributed by atoms with van der Waals surface area (Å²) in [7, 11) is 1.72. The molecule has 0 aromatic heterocycles. The van der Waals surface area contributed by atoms with Gasteiger partial charge in [0.05, 0.1) is 7.11 Å². The van der Waals surface area contributed by atoms with Crippen LogP contribution in [0.1, 0.15) is 20.3 Å². The van der Waals surface area contributed by atoms with Crippen LogP contribution in [0.3, 0.4) is 0 Å². The van der Waals surface area contributed by atoms with Gasteiger partial charge in [-0.2, -0.15) is 0 Å². The molecule has 0 aliphatic carbocycles. The van der Waals surface area contributed by atoms with Gasteiger partial charge in [-0.1, -0.05) is 26.3 Å². The van der Waals surface area contributed by atoms with Gasteiger partial charge in [-0.3, -0.25) is 0 Å². The summed E-state index contributed by atoms with van der Waals surface area (Å²) in [6.45, 7) is 7.80. The van der Waals surface area contributed by atoms with Crippen molar-refractivity contribution < 1.29 is 4.74 Å². The fourth-order valence-corrected chi connectivity index (χ4v) is 2.49. The minimum absolute atomic E-state index is 0.593. The highest BCUT2D eigenvalue weighted by atomic mass is 16.5. The Morgan fingerprint density at radius 1 is 1.50 bits per heavy atom. The second-order valence-electron chi connectivity index (χ2n) is 5.09. The molecule has 2 atom stereocenters. The minimum atomic E-state index is 0.593. The van der Waals surface area contributed by atoms with Crippen LogP contribution in [-0.4, -0.2) is 32.8 Å². The highest BCUT2D eigenvalue weighted by Gasteiger charge is 2.23. The van der Waals surface area contributed by atoms with E-state index >= 15 is 0 Å². The second kappa shape index (κ2) is 6.10. The lowest BCUT2D eigenvalue weighted by Gasteiger charge is -2.38. The number of nitrogens with one attached hydrogen (secondary N) is 1. The first-order chi connectivity index (χ1) is 8.74. The van der Waals surface area contributed by atoms with Gasteiger partial charge in [0.25, 0.3) is 0 Å². The van der Waals surface area contributed by atoms with Gasteiger partial charge in [-0.15, -0.1) is 0 Å². The third-order valence-corrected chi connectivity index (χ3v) is 3.95. The van der Waals surface area contributed by atoms with Gasteiger partial charge in [0.1, 0.15) is 5.75 Å². The number of ether oxygens (including phenoxy) is 1. The maximum Gasteiger partial charge on any atom is 0.120 e. The first kappa shape index (κ1) is 13.2. The van der Waals surface area contributed by atoms with Crippen LogP contribution in [0.2, 0.25) is 0 Å². The van der Waals surface area contributed by atoms with E-state index in [-0.39, 0.29) is 0 Å². The summed E-state index contributed by atoms with van der Waals surface area (Å²) in [4.78, 5) is 2.45. The standard InChI is InChI=1S/C15H24N2O/c1-4-12(2)15-11-17(9-8-16-15)13-6-5-7-14(10-13)18-3/h5-7,10,12,15-16H,4,8-9,11H2,1-3H3. The van der Waals surface area contributed by atoms with Gasteiger partial charge in [-0.05, 0) is 18.1 Å². The summed E-state index contributed by atoms with van der Waals surface area (Å²) >= 11 is 0. The zero-order valence-electron chi connectivity index (χ0n) is 11.6. The molecule has 2 unspecified atom stereocenters. The molecule has 0 spiro atoms. The topological polar surface area (TPSA) is 24.5 Å². The zero-order chi connectivity index (χ0) is 13.0. The number of nitrogens with zero attached hydrogens (tertiary/aromatic N) is 1.